The van der Waals surface area contributed by atoms with Crippen LogP contribution in [0.3, 0.4) is 0 Å². The third kappa shape index (κ3) is 3.29. The molecule has 9 heteroatoms. The molecule has 0 spiro atoms. The van der Waals surface area contributed by atoms with Crippen LogP contribution >= 0.6 is 0 Å². The van der Waals surface area contributed by atoms with Crippen molar-refractivity contribution in [3.63, 3.8) is 0 Å². The second kappa shape index (κ2) is 7.69. The Balaban J connectivity index is 1.55. The van der Waals surface area contributed by atoms with E-state index in [4.69, 9.17) is 9.26 Å². The highest BCUT2D eigenvalue weighted by atomic mass is 16.5. The van der Waals surface area contributed by atoms with Crippen molar-refractivity contribution >= 4 is 11.0 Å². The Hall–Kier alpha value is -4.40. The topological polar surface area (TPSA) is 119 Å². The first-order valence-corrected chi connectivity index (χ1v) is 10.0. The van der Waals surface area contributed by atoms with Crippen LogP contribution in [0.25, 0.3) is 39.6 Å². The second-order valence-electron chi connectivity index (χ2n) is 7.21. The van der Waals surface area contributed by atoms with Crippen LogP contribution in [0.15, 0.2) is 64.0 Å². The van der Waals surface area contributed by atoms with E-state index in [1.165, 1.54) is 6.20 Å². The minimum atomic E-state index is -0.564. The number of hydrogen-bond donors (Lipinski definition) is 2. The van der Waals surface area contributed by atoms with E-state index in [1.54, 1.807) is 28.9 Å². The SMILES string of the molecule is CCOc1ccc(-c2noc(-c3c(O)c4cnn(-c5ccc(C)cc5)c4[nH]c3=O)n2)cc1. The number of aryl methyl sites for hydroxylation is 1. The monoisotopic (exact) mass is 429 g/mol. The summed E-state index contributed by atoms with van der Waals surface area (Å²) in [5.41, 5.74) is 2.24. The van der Waals surface area contributed by atoms with Gasteiger partial charge in [0.25, 0.3) is 11.4 Å². The minimum absolute atomic E-state index is 0.0855. The Morgan fingerprint density at radius 1 is 1.12 bits per heavy atom. The van der Waals surface area contributed by atoms with Crippen molar-refractivity contribution in [1.82, 2.24) is 24.9 Å². The van der Waals surface area contributed by atoms with Gasteiger partial charge in [-0.25, -0.2) is 4.68 Å². The number of aromatic hydroxyl groups is 1. The van der Waals surface area contributed by atoms with Crippen molar-refractivity contribution in [3.8, 4) is 40.0 Å². The summed E-state index contributed by atoms with van der Waals surface area (Å²) in [4.78, 5) is 19.9. The van der Waals surface area contributed by atoms with E-state index in [0.29, 0.717) is 23.2 Å². The number of benzene rings is 2. The fraction of sp³-hybridized carbons (Fsp3) is 0.130. The van der Waals surface area contributed by atoms with Gasteiger partial charge < -0.3 is 19.4 Å². The quantitative estimate of drug-likeness (QED) is 0.436. The van der Waals surface area contributed by atoms with Crippen molar-refractivity contribution in [3.05, 3.63) is 70.6 Å². The molecule has 2 aromatic carbocycles. The van der Waals surface area contributed by atoms with Crippen LogP contribution in [-0.2, 0) is 0 Å². The van der Waals surface area contributed by atoms with Gasteiger partial charge in [-0.15, -0.1) is 0 Å². The lowest BCUT2D eigenvalue weighted by Crippen LogP contribution is -2.11. The first-order valence-electron chi connectivity index (χ1n) is 10.0. The van der Waals surface area contributed by atoms with E-state index in [1.807, 2.05) is 38.1 Å². The Morgan fingerprint density at radius 2 is 1.88 bits per heavy atom. The van der Waals surface area contributed by atoms with E-state index in [-0.39, 0.29) is 23.0 Å². The van der Waals surface area contributed by atoms with Gasteiger partial charge in [-0.2, -0.15) is 10.1 Å². The maximum atomic E-state index is 12.9. The molecule has 0 aliphatic heterocycles. The largest absolute Gasteiger partial charge is 0.506 e. The van der Waals surface area contributed by atoms with Crippen molar-refractivity contribution in [2.24, 2.45) is 0 Å². The molecule has 0 unspecified atom stereocenters. The van der Waals surface area contributed by atoms with Gasteiger partial charge in [0.1, 0.15) is 22.7 Å². The number of fused-ring (bicyclic) bond motifs is 1. The van der Waals surface area contributed by atoms with Gasteiger partial charge in [-0.1, -0.05) is 22.9 Å². The molecule has 0 saturated carbocycles. The molecule has 0 saturated heterocycles. The van der Waals surface area contributed by atoms with Gasteiger partial charge in [0.2, 0.25) is 5.82 Å². The molecule has 0 fully saturated rings. The van der Waals surface area contributed by atoms with E-state index in [2.05, 4.69) is 20.2 Å². The second-order valence-corrected chi connectivity index (χ2v) is 7.21. The number of nitrogens with one attached hydrogen (secondary N) is 1. The Morgan fingerprint density at radius 3 is 2.59 bits per heavy atom. The average Bonchev–Trinajstić information content (AvgIpc) is 3.43. The third-order valence-corrected chi connectivity index (χ3v) is 5.06. The smallest absolute Gasteiger partial charge is 0.267 e. The van der Waals surface area contributed by atoms with Crippen LogP contribution < -0.4 is 10.3 Å². The number of pyridine rings is 1. The summed E-state index contributed by atoms with van der Waals surface area (Å²) in [5, 5.41) is 19.5. The molecule has 3 aromatic heterocycles. The van der Waals surface area contributed by atoms with Crippen LogP contribution in [0.4, 0.5) is 0 Å². The lowest BCUT2D eigenvalue weighted by Gasteiger charge is -2.05. The first kappa shape index (κ1) is 19.6. The maximum Gasteiger partial charge on any atom is 0.267 e. The Labute approximate surface area is 181 Å². The molecule has 3 heterocycles. The van der Waals surface area contributed by atoms with E-state index in [0.717, 1.165) is 17.0 Å². The maximum absolute atomic E-state index is 12.9. The highest BCUT2D eigenvalue weighted by molar-refractivity contribution is 5.89. The zero-order chi connectivity index (χ0) is 22.2. The normalized spacial score (nSPS) is 11.2. The van der Waals surface area contributed by atoms with Crippen LogP contribution in [0.1, 0.15) is 12.5 Å². The molecule has 0 aliphatic rings. The predicted octanol–water partition coefficient (Wildman–Crippen LogP) is 3.84. The lowest BCUT2D eigenvalue weighted by atomic mass is 10.2. The van der Waals surface area contributed by atoms with Crippen molar-refractivity contribution in [1.29, 1.82) is 0 Å². The Bertz CT molecular complexity index is 1460. The van der Waals surface area contributed by atoms with Crippen molar-refractivity contribution in [2.45, 2.75) is 13.8 Å². The molecular weight excluding hydrogens is 410 g/mol. The zero-order valence-corrected chi connectivity index (χ0v) is 17.4. The molecule has 0 amide bonds. The standard InChI is InChI=1S/C23H19N5O4/c1-3-31-16-10-6-14(7-11-16)20-25-23(32-27-20)18-19(29)17-12-24-28(21(17)26-22(18)30)15-8-4-13(2)5-9-15/h4-12H,3H2,1-2H3,(H2,26,29,30). The molecule has 9 nitrogen and oxygen atoms in total. The summed E-state index contributed by atoms with van der Waals surface area (Å²) in [6, 6.07) is 14.8. The highest BCUT2D eigenvalue weighted by Crippen LogP contribution is 2.33. The van der Waals surface area contributed by atoms with Gasteiger partial charge in [-0.3, -0.25) is 4.79 Å². The van der Waals surface area contributed by atoms with Gasteiger partial charge in [0, 0.05) is 5.56 Å². The van der Waals surface area contributed by atoms with E-state index in [9.17, 15) is 9.90 Å². The molecule has 0 atom stereocenters. The summed E-state index contributed by atoms with van der Waals surface area (Å²) in [5.74, 6) is 0.656. The summed E-state index contributed by atoms with van der Waals surface area (Å²) >= 11 is 0. The summed E-state index contributed by atoms with van der Waals surface area (Å²) < 4.78 is 12.3. The number of nitrogens with zero attached hydrogens (tertiary/aromatic N) is 4. The van der Waals surface area contributed by atoms with Crippen molar-refractivity contribution in [2.75, 3.05) is 6.61 Å². The predicted molar refractivity (Wildman–Crippen MR) is 118 cm³/mol. The summed E-state index contributed by atoms with van der Waals surface area (Å²) in [6.07, 6.45) is 1.48. The van der Waals surface area contributed by atoms with Crippen LogP contribution in [-0.4, -0.2) is 36.6 Å². The van der Waals surface area contributed by atoms with E-state index >= 15 is 0 Å². The molecule has 32 heavy (non-hydrogen) atoms. The molecular formula is C23H19N5O4. The minimum Gasteiger partial charge on any atom is -0.506 e. The number of H-pyrrole nitrogens is 1. The molecule has 2 N–H and O–H groups in total. The van der Waals surface area contributed by atoms with Crippen molar-refractivity contribution < 1.29 is 14.4 Å². The molecule has 5 aromatic rings. The number of ether oxygens (including phenoxy) is 1. The summed E-state index contributed by atoms with van der Waals surface area (Å²) in [6.45, 7) is 4.46. The number of rotatable bonds is 5. The van der Waals surface area contributed by atoms with E-state index < -0.39 is 5.56 Å². The number of aromatic amines is 1. The van der Waals surface area contributed by atoms with Crippen LogP contribution in [0.5, 0.6) is 11.5 Å². The summed E-state index contributed by atoms with van der Waals surface area (Å²) in [7, 11) is 0. The Kier molecular flexibility index (Phi) is 4.70. The fourth-order valence-corrected chi connectivity index (χ4v) is 3.44. The molecule has 0 bridgehead atoms. The first-order chi connectivity index (χ1) is 15.5. The zero-order valence-electron chi connectivity index (χ0n) is 17.4. The van der Waals surface area contributed by atoms with Gasteiger partial charge in [0.05, 0.1) is 23.9 Å². The highest BCUT2D eigenvalue weighted by Gasteiger charge is 2.22. The average molecular weight is 429 g/mol. The number of aromatic nitrogens is 5. The molecule has 0 radical (unpaired) electrons. The number of hydrogen-bond acceptors (Lipinski definition) is 7. The molecule has 160 valence electrons. The fourth-order valence-electron chi connectivity index (χ4n) is 3.44. The van der Waals surface area contributed by atoms with Gasteiger partial charge >= 0.3 is 0 Å². The van der Waals surface area contributed by atoms with Crippen LogP contribution in [0.2, 0.25) is 0 Å². The van der Waals surface area contributed by atoms with Gasteiger partial charge in [-0.05, 0) is 50.2 Å². The van der Waals surface area contributed by atoms with Gasteiger partial charge in [0.15, 0.2) is 0 Å². The molecule has 0 aliphatic carbocycles. The third-order valence-electron chi connectivity index (χ3n) is 5.06. The molecule has 5 rings (SSSR count). The van der Waals surface area contributed by atoms with Crippen LogP contribution in [0, 0.1) is 6.92 Å². The lowest BCUT2D eigenvalue weighted by molar-refractivity contribution is 0.340.